The second-order valence-corrected chi connectivity index (χ2v) is 3.10. The minimum atomic E-state index is -0.486. The number of aliphatic hydroxyl groups is 1. The Kier molecular flexibility index (Phi) is 2.92. The Morgan fingerprint density at radius 1 is 1.73 bits per heavy atom. The molecule has 3 N–H and O–H groups in total. The van der Waals surface area contributed by atoms with Crippen LogP contribution in [0, 0.1) is 6.92 Å². The Morgan fingerprint density at radius 2 is 2.45 bits per heavy atom. The zero-order chi connectivity index (χ0) is 8.27. The molecule has 0 spiro atoms. The highest BCUT2D eigenvalue weighted by molar-refractivity contribution is 7.05. The molecule has 5 heteroatoms. The summed E-state index contributed by atoms with van der Waals surface area (Å²) in [7, 11) is 0. The first-order chi connectivity index (χ1) is 5.25. The van der Waals surface area contributed by atoms with Crippen LogP contribution in [0.25, 0.3) is 0 Å². The Balaban J connectivity index is 2.67. The summed E-state index contributed by atoms with van der Waals surface area (Å²) >= 11 is 1.23. The minimum absolute atomic E-state index is 0.485. The van der Waals surface area contributed by atoms with E-state index >= 15 is 0 Å². The third kappa shape index (κ3) is 1.95. The number of aryl methyl sites for hydroxylation is 1. The lowest BCUT2D eigenvalue weighted by Crippen LogP contribution is -2.06. The van der Waals surface area contributed by atoms with Gasteiger partial charge in [0.25, 0.3) is 0 Å². The van der Waals surface area contributed by atoms with Crippen LogP contribution in [0.4, 0.5) is 0 Å². The van der Waals surface area contributed by atoms with Crippen LogP contribution in [0.15, 0.2) is 0 Å². The Hall–Kier alpha value is -0.520. The van der Waals surface area contributed by atoms with Crippen LogP contribution in [-0.2, 0) is 0 Å². The molecule has 0 aromatic carbocycles. The predicted molar refractivity (Wildman–Crippen MR) is 43.3 cm³/mol. The molecule has 62 valence electrons. The van der Waals surface area contributed by atoms with Crippen molar-refractivity contribution in [2.24, 2.45) is 5.73 Å². The molecule has 0 fully saturated rings. The third-order valence-electron chi connectivity index (χ3n) is 1.43. The van der Waals surface area contributed by atoms with Crippen molar-refractivity contribution in [3.05, 3.63) is 10.6 Å². The highest BCUT2D eigenvalue weighted by Crippen LogP contribution is 2.21. The van der Waals surface area contributed by atoms with Gasteiger partial charge in [-0.1, -0.05) is 4.49 Å². The molecule has 0 bridgehead atoms. The van der Waals surface area contributed by atoms with Crippen molar-refractivity contribution >= 4 is 11.5 Å². The fraction of sp³-hybridized carbons (Fsp3) is 0.667. The van der Waals surface area contributed by atoms with E-state index in [0.29, 0.717) is 13.0 Å². The fourth-order valence-corrected chi connectivity index (χ4v) is 1.50. The maximum atomic E-state index is 9.44. The molecule has 0 amide bonds. The van der Waals surface area contributed by atoms with Gasteiger partial charge in [-0.15, -0.1) is 5.10 Å². The number of nitrogens with two attached hydrogens (primary N) is 1. The summed E-state index contributed by atoms with van der Waals surface area (Å²) in [6.07, 6.45) is 0.0880. The van der Waals surface area contributed by atoms with Crippen molar-refractivity contribution in [2.75, 3.05) is 6.54 Å². The van der Waals surface area contributed by atoms with Crippen LogP contribution in [0.3, 0.4) is 0 Å². The van der Waals surface area contributed by atoms with Gasteiger partial charge in [0.05, 0.1) is 16.7 Å². The van der Waals surface area contributed by atoms with E-state index in [-0.39, 0.29) is 0 Å². The Morgan fingerprint density at radius 3 is 2.91 bits per heavy atom. The minimum Gasteiger partial charge on any atom is -0.387 e. The summed E-state index contributed by atoms with van der Waals surface area (Å²) in [5.41, 5.74) is 6.09. The van der Waals surface area contributed by atoms with Crippen molar-refractivity contribution in [3.8, 4) is 0 Å². The van der Waals surface area contributed by atoms with E-state index < -0.39 is 6.10 Å². The van der Waals surface area contributed by atoms with Gasteiger partial charge in [-0.05, 0) is 31.4 Å². The van der Waals surface area contributed by atoms with E-state index in [2.05, 4.69) is 9.59 Å². The monoisotopic (exact) mass is 173 g/mol. The second-order valence-electron chi connectivity index (χ2n) is 2.32. The van der Waals surface area contributed by atoms with Crippen LogP contribution in [0.2, 0.25) is 0 Å². The maximum absolute atomic E-state index is 9.44. The Labute approximate surface area is 69.2 Å². The smallest absolute Gasteiger partial charge is 0.0929 e. The molecule has 4 nitrogen and oxygen atoms in total. The van der Waals surface area contributed by atoms with E-state index in [1.807, 2.05) is 6.92 Å². The van der Waals surface area contributed by atoms with Gasteiger partial charge in [0, 0.05) is 0 Å². The number of aliphatic hydroxyl groups excluding tert-OH is 1. The number of rotatable bonds is 3. The normalized spacial score (nSPS) is 13.4. The molecule has 1 atom stereocenters. The first-order valence-electron chi connectivity index (χ1n) is 3.42. The van der Waals surface area contributed by atoms with Crippen LogP contribution < -0.4 is 5.73 Å². The van der Waals surface area contributed by atoms with E-state index in [1.54, 1.807) is 0 Å². The van der Waals surface area contributed by atoms with Crippen molar-refractivity contribution < 1.29 is 5.11 Å². The van der Waals surface area contributed by atoms with Crippen LogP contribution in [0.1, 0.15) is 23.1 Å². The van der Waals surface area contributed by atoms with Gasteiger partial charge in [-0.3, -0.25) is 0 Å². The first kappa shape index (κ1) is 8.58. The van der Waals surface area contributed by atoms with Crippen LogP contribution >= 0.6 is 11.5 Å². The summed E-state index contributed by atoms with van der Waals surface area (Å²) in [4.78, 5) is 0.829. The number of hydrogen-bond donors (Lipinski definition) is 2. The zero-order valence-corrected chi connectivity index (χ0v) is 7.14. The molecule has 1 unspecified atom stereocenters. The van der Waals surface area contributed by atoms with Gasteiger partial charge >= 0.3 is 0 Å². The molecular weight excluding hydrogens is 162 g/mol. The largest absolute Gasteiger partial charge is 0.387 e. The van der Waals surface area contributed by atoms with Gasteiger partial charge in [-0.2, -0.15) is 0 Å². The number of nitrogens with zero attached hydrogens (tertiary/aromatic N) is 2. The highest BCUT2D eigenvalue weighted by Gasteiger charge is 2.12. The summed E-state index contributed by atoms with van der Waals surface area (Å²) in [6.45, 7) is 2.32. The lowest BCUT2D eigenvalue weighted by Gasteiger charge is -2.04. The van der Waals surface area contributed by atoms with Gasteiger partial charge < -0.3 is 10.8 Å². The Bertz CT molecular complexity index is 225. The summed E-state index contributed by atoms with van der Waals surface area (Å²) < 4.78 is 3.72. The topological polar surface area (TPSA) is 72.0 Å². The molecule has 0 saturated heterocycles. The predicted octanol–water partition coefficient (Wildman–Crippen LogP) is 0.229. The lowest BCUT2D eigenvalue weighted by atomic mass is 10.2. The van der Waals surface area contributed by atoms with Crippen LogP contribution in [0.5, 0.6) is 0 Å². The van der Waals surface area contributed by atoms with Crippen molar-refractivity contribution in [1.29, 1.82) is 0 Å². The van der Waals surface area contributed by atoms with Gasteiger partial charge in [0.1, 0.15) is 0 Å². The van der Waals surface area contributed by atoms with E-state index in [4.69, 9.17) is 5.73 Å². The van der Waals surface area contributed by atoms with Gasteiger partial charge in [0.2, 0.25) is 0 Å². The average molecular weight is 173 g/mol. The molecule has 0 aliphatic carbocycles. The maximum Gasteiger partial charge on any atom is 0.0929 e. The molecule has 0 aliphatic heterocycles. The van der Waals surface area contributed by atoms with E-state index in [0.717, 1.165) is 10.6 Å². The molecule has 1 aromatic heterocycles. The highest BCUT2D eigenvalue weighted by atomic mass is 32.1. The molecule has 11 heavy (non-hydrogen) atoms. The van der Waals surface area contributed by atoms with Crippen LogP contribution in [-0.4, -0.2) is 21.2 Å². The molecule has 1 aromatic rings. The first-order valence-corrected chi connectivity index (χ1v) is 4.20. The number of aromatic nitrogens is 2. The van der Waals surface area contributed by atoms with E-state index in [9.17, 15) is 5.11 Å². The second kappa shape index (κ2) is 3.75. The summed E-state index contributed by atoms with van der Waals surface area (Å²) in [5, 5.41) is 13.2. The molecule has 1 heterocycles. The average Bonchev–Trinajstić information content (AvgIpc) is 2.36. The lowest BCUT2D eigenvalue weighted by molar-refractivity contribution is 0.173. The number of hydrogen-bond acceptors (Lipinski definition) is 5. The van der Waals surface area contributed by atoms with Crippen molar-refractivity contribution in [1.82, 2.24) is 9.59 Å². The molecule has 0 radical (unpaired) electrons. The standard InChI is InChI=1S/C6H11N3OS/c1-4-6(11-9-8-4)5(10)2-3-7/h5,10H,2-3,7H2,1H3. The quantitative estimate of drug-likeness (QED) is 0.686. The van der Waals surface area contributed by atoms with Gasteiger partial charge in [-0.25, -0.2) is 0 Å². The summed E-state index contributed by atoms with van der Waals surface area (Å²) in [6, 6.07) is 0. The third-order valence-corrected chi connectivity index (χ3v) is 2.36. The van der Waals surface area contributed by atoms with Gasteiger partial charge in [0.15, 0.2) is 0 Å². The fourth-order valence-electron chi connectivity index (χ4n) is 0.832. The van der Waals surface area contributed by atoms with Crippen molar-refractivity contribution in [3.63, 3.8) is 0 Å². The SMILES string of the molecule is Cc1nnsc1C(O)CCN. The molecular formula is C6H11N3OS. The molecule has 0 saturated carbocycles. The molecule has 1 rings (SSSR count). The van der Waals surface area contributed by atoms with E-state index in [1.165, 1.54) is 11.5 Å². The van der Waals surface area contributed by atoms with Crippen molar-refractivity contribution in [2.45, 2.75) is 19.4 Å². The summed E-state index contributed by atoms with van der Waals surface area (Å²) in [5.74, 6) is 0. The molecule has 0 aliphatic rings. The zero-order valence-electron chi connectivity index (χ0n) is 6.32.